The Morgan fingerprint density at radius 1 is 0.818 bits per heavy atom. The van der Waals surface area contributed by atoms with Gasteiger partial charge in [0.1, 0.15) is 24.1 Å². The molecule has 0 heterocycles. The van der Waals surface area contributed by atoms with E-state index < -0.39 is 28.5 Å². The first-order valence-electron chi connectivity index (χ1n) is 14.3. The molecule has 0 bridgehead atoms. The monoisotopic (exact) mass is 615 g/mol. The van der Waals surface area contributed by atoms with Gasteiger partial charge in [-0.1, -0.05) is 60.7 Å². The van der Waals surface area contributed by atoms with Gasteiger partial charge in [-0.3, -0.25) is 13.9 Å². The van der Waals surface area contributed by atoms with Gasteiger partial charge in [0.05, 0.1) is 24.3 Å². The number of sulfonamides is 1. The molecular formula is C34H37N3O6S. The Morgan fingerprint density at radius 2 is 1.45 bits per heavy atom. The molecule has 1 N–H and O–H groups in total. The van der Waals surface area contributed by atoms with Gasteiger partial charge in [-0.05, 0) is 66.6 Å². The predicted octanol–water partition coefficient (Wildman–Crippen LogP) is 4.68. The largest absolute Gasteiger partial charge is 0.497 e. The van der Waals surface area contributed by atoms with Crippen LogP contribution in [0.5, 0.6) is 11.5 Å². The number of ether oxygens (including phenoxy) is 2. The van der Waals surface area contributed by atoms with Gasteiger partial charge in [-0.15, -0.1) is 0 Å². The zero-order valence-electron chi connectivity index (χ0n) is 25.1. The molecule has 1 atom stereocenters. The van der Waals surface area contributed by atoms with Crippen molar-refractivity contribution >= 4 is 27.5 Å². The molecule has 9 nitrogen and oxygen atoms in total. The van der Waals surface area contributed by atoms with Crippen LogP contribution in [-0.2, 0) is 32.6 Å². The maximum Gasteiger partial charge on any atom is 0.264 e. The van der Waals surface area contributed by atoms with Gasteiger partial charge in [0, 0.05) is 20.0 Å². The summed E-state index contributed by atoms with van der Waals surface area (Å²) in [5.41, 5.74) is 1.86. The number of benzene rings is 4. The fourth-order valence-electron chi connectivity index (χ4n) is 4.81. The number of likely N-dealkylation sites (N-methyl/N-ethyl adjacent to an activating group) is 1. The van der Waals surface area contributed by atoms with E-state index in [2.05, 4.69) is 5.32 Å². The van der Waals surface area contributed by atoms with Crippen LogP contribution in [0, 0.1) is 0 Å². The van der Waals surface area contributed by atoms with Crippen LogP contribution in [0.25, 0.3) is 0 Å². The van der Waals surface area contributed by atoms with Crippen LogP contribution >= 0.6 is 0 Å². The Kier molecular flexibility index (Phi) is 11.0. The van der Waals surface area contributed by atoms with Gasteiger partial charge in [0.25, 0.3) is 10.0 Å². The van der Waals surface area contributed by atoms with Crippen LogP contribution < -0.4 is 19.1 Å². The fraction of sp³-hybridized carbons (Fsp3) is 0.235. The highest BCUT2D eigenvalue weighted by atomic mass is 32.2. The minimum atomic E-state index is -4.18. The maximum atomic E-state index is 14.4. The van der Waals surface area contributed by atoms with Crippen LogP contribution in [0.2, 0.25) is 0 Å². The summed E-state index contributed by atoms with van der Waals surface area (Å²) < 4.78 is 40.0. The van der Waals surface area contributed by atoms with Crippen LogP contribution in [-0.4, -0.2) is 58.5 Å². The number of hydrogen-bond donors (Lipinski definition) is 1. The third-order valence-corrected chi connectivity index (χ3v) is 8.84. The lowest BCUT2D eigenvalue weighted by molar-refractivity contribution is -0.139. The van der Waals surface area contributed by atoms with Crippen molar-refractivity contribution in [1.29, 1.82) is 0 Å². The third-order valence-electron chi connectivity index (χ3n) is 7.05. The first-order chi connectivity index (χ1) is 21.3. The Bertz CT molecular complexity index is 1630. The number of carbonyl (C=O) groups excluding carboxylic acids is 2. The molecule has 0 aromatic heterocycles. The molecule has 2 amide bonds. The van der Waals surface area contributed by atoms with Crippen molar-refractivity contribution in [3.63, 3.8) is 0 Å². The van der Waals surface area contributed by atoms with E-state index in [4.69, 9.17) is 9.47 Å². The van der Waals surface area contributed by atoms with Gasteiger partial charge in [-0.25, -0.2) is 8.42 Å². The minimum absolute atomic E-state index is 0.0353. The lowest BCUT2D eigenvalue weighted by Gasteiger charge is -2.33. The second kappa shape index (κ2) is 15.1. The molecule has 0 fully saturated rings. The molecule has 0 aliphatic heterocycles. The quantitative estimate of drug-likeness (QED) is 0.221. The zero-order chi connectivity index (χ0) is 31.5. The average Bonchev–Trinajstić information content (AvgIpc) is 3.06. The summed E-state index contributed by atoms with van der Waals surface area (Å²) in [6, 6.07) is 30.1. The van der Waals surface area contributed by atoms with E-state index in [-0.39, 0.29) is 29.5 Å². The van der Waals surface area contributed by atoms with Crippen molar-refractivity contribution in [3.8, 4) is 11.5 Å². The van der Waals surface area contributed by atoms with Crippen molar-refractivity contribution in [2.24, 2.45) is 0 Å². The first kappa shape index (κ1) is 32.1. The summed E-state index contributed by atoms with van der Waals surface area (Å²) in [5.74, 6) is 0.244. The van der Waals surface area contributed by atoms with Gasteiger partial charge >= 0.3 is 0 Å². The molecule has 44 heavy (non-hydrogen) atoms. The number of nitrogens with one attached hydrogen (secondary N) is 1. The van der Waals surface area contributed by atoms with E-state index in [1.165, 1.54) is 24.1 Å². The smallest absolute Gasteiger partial charge is 0.264 e. The lowest BCUT2D eigenvalue weighted by Crippen LogP contribution is -2.53. The molecule has 0 radical (unpaired) electrons. The maximum absolute atomic E-state index is 14.4. The summed E-state index contributed by atoms with van der Waals surface area (Å²) in [6.07, 6.45) is 0.227. The van der Waals surface area contributed by atoms with Gasteiger partial charge < -0.3 is 19.7 Å². The molecule has 0 saturated carbocycles. The summed E-state index contributed by atoms with van der Waals surface area (Å²) in [4.78, 5) is 29.2. The molecule has 0 saturated heterocycles. The molecule has 4 aromatic carbocycles. The van der Waals surface area contributed by atoms with Crippen LogP contribution in [0.15, 0.2) is 114 Å². The molecule has 4 aromatic rings. The summed E-state index contributed by atoms with van der Waals surface area (Å²) in [6.45, 7) is 1.81. The number of carbonyl (C=O) groups is 2. The molecule has 0 aliphatic carbocycles. The van der Waals surface area contributed by atoms with E-state index in [0.29, 0.717) is 18.1 Å². The Balaban J connectivity index is 1.78. The highest BCUT2D eigenvalue weighted by Gasteiger charge is 2.34. The fourth-order valence-corrected chi connectivity index (χ4v) is 6.25. The Hall–Kier alpha value is -4.83. The van der Waals surface area contributed by atoms with E-state index in [1.807, 2.05) is 43.3 Å². The highest BCUT2D eigenvalue weighted by molar-refractivity contribution is 7.92. The molecule has 1 unspecified atom stereocenters. The van der Waals surface area contributed by atoms with Crippen LogP contribution in [0.4, 0.5) is 5.69 Å². The standard InChI is InChI=1S/C34H37N3O6S/c1-4-43-29-20-18-28(19-21-29)37(44(40,41)31-16-9-6-10-17-31)25-33(38)36(24-27-14-11-15-30(22-27)42-3)32(34(39)35-2)23-26-12-7-5-8-13-26/h5-22,32H,4,23-25H2,1-3H3,(H,35,39). The number of methoxy groups -OCH3 is 1. The lowest BCUT2D eigenvalue weighted by atomic mass is 10.0. The van der Waals surface area contributed by atoms with Crippen molar-refractivity contribution in [2.45, 2.75) is 30.8 Å². The van der Waals surface area contributed by atoms with E-state index in [1.54, 1.807) is 67.8 Å². The molecule has 0 aliphatic rings. The molecule has 0 spiro atoms. The summed E-state index contributed by atoms with van der Waals surface area (Å²) >= 11 is 0. The SMILES string of the molecule is CCOc1ccc(N(CC(=O)N(Cc2cccc(OC)c2)C(Cc2ccccc2)C(=O)NC)S(=O)(=O)c2ccccc2)cc1. The average molecular weight is 616 g/mol. The van der Waals surface area contributed by atoms with E-state index >= 15 is 0 Å². The minimum Gasteiger partial charge on any atom is -0.497 e. The number of amides is 2. The number of rotatable bonds is 14. The normalized spacial score (nSPS) is 11.7. The molecule has 230 valence electrons. The van der Waals surface area contributed by atoms with Gasteiger partial charge in [0.2, 0.25) is 11.8 Å². The van der Waals surface area contributed by atoms with Gasteiger partial charge in [0.15, 0.2) is 0 Å². The van der Waals surface area contributed by atoms with Crippen molar-refractivity contribution in [1.82, 2.24) is 10.2 Å². The van der Waals surface area contributed by atoms with Gasteiger partial charge in [-0.2, -0.15) is 0 Å². The predicted molar refractivity (Wildman–Crippen MR) is 170 cm³/mol. The third kappa shape index (κ3) is 7.96. The molecule has 10 heteroatoms. The van der Waals surface area contributed by atoms with Crippen molar-refractivity contribution < 1.29 is 27.5 Å². The topological polar surface area (TPSA) is 105 Å². The number of anilines is 1. The molecule has 4 rings (SSSR count). The number of nitrogens with zero attached hydrogens (tertiary/aromatic N) is 2. The second-order valence-corrected chi connectivity index (χ2v) is 11.8. The highest BCUT2D eigenvalue weighted by Crippen LogP contribution is 2.27. The Morgan fingerprint density at radius 3 is 2.07 bits per heavy atom. The summed E-state index contributed by atoms with van der Waals surface area (Å²) in [5, 5.41) is 2.69. The number of hydrogen-bond acceptors (Lipinski definition) is 6. The first-order valence-corrected chi connectivity index (χ1v) is 15.7. The van der Waals surface area contributed by atoms with Crippen LogP contribution in [0.1, 0.15) is 18.1 Å². The van der Waals surface area contributed by atoms with Crippen LogP contribution in [0.3, 0.4) is 0 Å². The Labute approximate surface area is 259 Å². The van der Waals surface area contributed by atoms with Crippen molar-refractivity contribution in [2.75, 3.05) is 31.6 Å². The van der Waals surface area contributed by atoms with E-state index in [0.717, 1.165) is 15.4 Å². The van der Waals surface area contributed by atoms with E-state index in [9.17, 15) is 18.0 Å². The second-order valence-electron chi connectivity index (χ2n) is 9.94. The zero-order valence-corrected chi connectivity index (χ0v) is 25.9. The van der Waals surface area contributed by atoms with Crippen molar-refractivity contribution in [3.05, 3.63) is 120 Å². The molecular weight excluding hydrogens is 578 g/mol. The summed E-state index contributed by atoms with van der Waals surface area (Å²) in [7, 11) is -1.11.